The molecule has 1 saturated heterocycles. The van der Waals surface area contributed by atoms with Crippen LogP contribution in [-0.4, -0.2) is 57.0 Å². The number of ether oxygens (including phenoxy) is 2. The van der Waals surface area contributed by atoms with Crippen molar-refractivity contribution < 1.29 is 28.0 Å². The van der Waals surface area contributed by atoms with Crippen LogP contribution in [-0.2, 0) is 25.4 Å². The van der Waals surface area contributed by atoms with Crippen LogP contribution < -0.4 is 10.2 Å². The van der Waals surface area contributed by atoms with Crippen LogP contribution in [0.25, 0.3) is 0 Å². The Kier molecular flexibility index (Phi) is 5.09. The van der Waals surface area contributed by atoms with Gasteiger partial charge in [0.05, 0.1) is 6.61 Å². The van der Waals surface area contributed by atoms with Gasteiger partial charge in [-0.25, -0.2) is 4.79 Å². The molecule has 0 aliphatic carbocycles. The number of benzene rings is 1. The minimum Gasteiger partial charge on any atom is -0.509 e. The fourth-order valence-electron chi connectivity index (χ4n) is 3.91. The lowest BCUT2D eigenvalue weighted by molar-refractivity contribution is -0.812. The van der Waals surface area contributed by atoms with Crippen LogP contribution in [0.4, 0.5) is 0 Å². The number of hydrogen-bond acceptors (Lipinski definition) is 5. The molecule has 2 aliphatic heterocycles. The van der Waals surface area contributed by atoms with E-state index in [4.69, 9.17) is 18.8 Å². The second-order valence-corrected chi connectivity index (χ2v) is 7.34. The third kappa shape index (κ3) is 3.16. The van der Waals surface area contributed by atoms with Gasteiger partial charge in [0.2, 0.25) is 0 Å². The monoisotopic (exact) mass is 349 g/mol. The maximum atomic E-state index is 12.0. The zero-order chi connectivity index (χ0) is 18.1. The minimum absolute atomic E-state index is 0.327. The highest BCUT2D eigenvalue weighted by Gasteiger charge is 2.53. The Balaban J connectivity index is 1.89. The predicted octanol–water partition coefficient (Wildman–Crippen LogP) is 1.58. The molecule has 1 aromatic carbocycles. The molecule has 0 aromatic heterocycles. The molecule has 1 fully saturated rings. The quantitative estimate of drug-likeness (QED) is 0.597. The van der Waals surface area contributed by atoms with Crippen molar-refractivity contribution in [3.63, 3.8) is 0 Å². The van der Waals surface area contributed by atoms with Crippen LogP contribution in [0, 0.1) is 0 Å². The molecule has 2 heterocycles. The molecule has 0 bridgehead atoms. The molecule has 2 unspecified atom stereocenters. The van der Waals surface area contributed by atoms with E-state index in [1.54, 1.807) is 6.92 Å². The highest BCUT2D eigenvalue weighted by atomic mass is 16.6. The molecule has 25 heavy (non-hydrogen) atoms. The van der Waals surface area contributed by atoms with Gasteiger partial charge in [0.25, 0.3) is 0 Å². The number of quaternary nitrogens is 1. The topological polar surface area (TPSA) is 54.0 Å². The highest BCUT2D eigenvalue weighted by Crippen LogP contribution is 2.32. The molecule has 0 amide bonds. The summed E-state index contributed by atoms with van der Waals surface area (Å²) in [7, 11) is 4.30. The Morgan fingerprint density at radius 3 is 2.80 bits per heavy atom. The van der Waals surface area contributed by atoms with Crippen LogP contribution in [0.1, 0.15) is 32.3 Å². The lowest BCUT2D eigenvalue weighted by Crippen LogP contribution is -2.74. The summed E-state index contributed by atoms with van der Waals surface area (Å²) < 4.78 is 24.1. The van der Waals surface area contributed by atoms with E-state index in [0.29, 0.717) is 36.4 Å². The summed E-state index contributed by atoms with van der Waals surface area (Å²) in [6, 6.07) is 5.88. The average Bonchev–Trinajstić information content (AvgIpc) is 2.95. The molecule has 2 aliphatic rings. The van der Waals surface area contributed by atoms with Gasteiger partial charge in [0, 0.05) is 40.3 Å². The Bertz CT molecular complexity index is 646. The van der Waals surface area contributed by atoms with E-state index < -0.39 is 12.8 Å². The third-order valence-corrected chi connectivity index (χ3v) is 5.32. The molecule has 0 saturated carbocycles. The van der Waals surface area contributed by atoms with E-state index in [1.165, 1.54) is 0 Å². The Labute approximate surface area is 149 Å². The zero-order valence-electron chi connectivity index (χ0n) is 15.6. The van der Waals surface area contributed by atoms with Gasteiger partial charge in [-0.15, -0.1) is 0 Å². The molecular weight excluding hydrogens is 321 g/mol. The standard InChI is InChI=1S/C18H28BNO5/c1-5-17(18(21)22-6-2)25-15-9-8-14-13-24-19(16(14)12-15)20(3,4)10-7-11-23-19/h8-9,12,17H,5-7,10-11,13H2,1-4H3. The number of esters is 1. The van der Waals surface area contributed by atoms with Crippen molar-refractivity contribution in [1.29, 1.82) is 0 Å². The van der Waals surface area contributed by atoms with Gasteiger partial charge in [0.15, 0.2) is 6.10 Å². The molecule has 2 atom stereocenters. The number of hydrogen-bond donors (Lipinski definition) is 0. The molecule has 1 aromatic rings. The largest absolute Gasteiger partial charge is 0.509 e. The van der Waals surface area contributed by atoms with Gasteiger partial charge < -0.3 is 23.2 Å². The van der Waals surface area contributed by atoms with E-state index in [0.717, 1.165) is 24.0 Å². The van der Waals surface area contributed by atoms with Crippen LogP contribution in [0.2, 0.25) is 0 Å². The lowest BCUT2D eigenvalue weighted by Gasteiger charge is -2.55. The van der Waals surface area contributed by atoms with Gasteiger partial charge in [0.1, 0.15) is 5.75 Å². The summed E-state index contributed by atoms with van der Waals surface area (Å²) >= 11 is 0. The molecule has 7 heteroatoms. The Morgan fingerprint density at radius 2 is 2.12 bits per heavy atom. The van der Waals surface area contributed by atoms with Crippen molar-refractivity contribution >= 4 is 18.1 Å². The van der Waals surface area contributed by atoms with Crippen molar-refractivity contribution in [2.75, 3.05) is 33.9 Å². The van der Waals surface area contributed by atoms with Crippen LogP contribution >= 0.6 is 0 Å². The van der Waals surface area contributed by atoms with Crippen molar-refractivity contribution in [1.82, 2.24) is 0 Å². The van der Waals surface area contributed by atoms with Crippen LogP contribution in [0.15, 0.2) is 18.2 Å². The van der Waals surface area contributed by atoms with Gasteiger partial charge in [-0.05, 0) is 31.0 Å². The fourth-order valence-corrected chi connectivity index (χ4v) is 3.91. The number of rotatable bonds is 5. The number of fused-ring (bicyclic) bond motifs is 2. The van der Waals surface area contributed by atoms with E-state index in [2.05, 4.69) is 14.1 Å². The summed E-state index contributed by atoms with van der Waals surface area (Å²) in [5.74, 6) is 0.326. The van der Waals surface area contributed by atoms with E-state index >= 15 is 0 Å². The third-order valence-electron chi connectivity index (χ3n) is 5.32. The first-order valence-corrected chi connectivity index (χ1v) is 9.15. The van der Waals surface area contributed by atoms with Crippen molar-refractivity contribution in [2.24, 2.45) is 0 Å². The molecule has 3 rings (SSSR count). The summed E-state index contributed by atoms with van der Waals surface area (Å²) in [4.78, 5) is 12.0. The first-order chi connectivity index (χ1) is 11.9. The van der Waals surface area contributed by atoms with E-state index in [1.807, 2.05) is 25.1 Å². The molecule has 6 nitrogen and oxygen atoms in total. The Morgan fingerprint density at radius 1 is 1.32 bits per heavy atom. The van der Waals surface area contributed by atoms with Crippen molar-refractivity contribution in [3.05, 3.63) is 23.8 Å². The molecule has 0 N–H and O–H groups in total. The normalized spacial score (nSPS) is 25.4. The zero-order valence-corrected chi connectivity index (χ0v) is 15.6. The summed E-state index contributed by atoms with van der Waals surface area (Å²) in [5.41, 5.74) is 2.19. The average molecular weight is 349 g/mol. The number of carbonyl (C=O) groups is 1. The van der Waals surface area contributed by atoms with Gasteiger partial charge in [-0.2, -0.15) is 0 Å². The molecule has 1 spiro atoms. The van der Waals surface area contributed by atoms with Crippen LogP contribution in [0.3, 0.4) is 0 Å². The second kappa shape index (κ2) is 6.98. The van der Waals surface area contributed by atoms with E-state index in [9.17, 15) is 4.79 Å². The number of nitrogens with zero attached hydrogens (tertiary/aromatic N) is 1. The smallest absolute Gasteiger partial charge is 0.502 e. The highest BCUT2D eigenvalue weighted by molar-refractivity contribution is 6.76. The van der Waals surface area contributed by atoms with E-state index in [-0.39, 0.29) is 5.97 Å². The first-order valence-electron chi connectivity index (χ1n) is 9.15. The maximum Gasteiger partial charge on any atom is 0.502 e. The fraction of sp³-hybridized carbons (Fsp3) is 0.611. The van der Waals surface area contributed by atoms with Crippen LogP contribution in [0.5, 0.6) is 5.75 Å². The first kappa shape index (κ1) is 18.2. The second-order valence-electron chi connectivity index (χ2n) is 7.34. The maximum absolute atomic E-state index is 12.0. The van der Waals surface area contributed by atoms with Gasteiger partial charge in [-0.1, -0.05) is 18.5 Å². The van der Waals surface area contributed by atoms with Gasteiger partial charge in [-0.3, -0.25) is 0 Å². The Hall–Kier alpha value is -1.57. The number of carbonyl (C=O) groups excluding carboxylic acids is 1. The SMILES string of the molecule is CCOC(=O)C(CC)Oc1ccc2c(c1)[B-]1(OCCC[N+]1(C)C)OC2. The molecule has 138 valence electrons. The summed E-state index contributed by atoms with van der Waals surface area (Å²) in [5, 5.41) is 0. The molecular formula is C18H28BNO5. The van der Waals surface area contributed by atoms with Crippen molar-refractivity contribution in [2.45, 2.75) is 39.4 Å². The summed E-state index contributed by atoms with van der Waals surface area (Å²) in [6.45, 7) is 4.72. The minimum atomic E-state index is -1.59. The summed E-state index contributed by atoms with van der Waals surface area (Å²) in [6.07, 6.45) is 0.978. The van der Waals surface area contributed by atoms with Gasteiger partial charge >= 0.3 is 12.7 Å². The molecule has 0 radical (unpaired) electrons. The van der Waals surface area contributed by atoms with Crippen molar-refractivity contribution in [3.8, 4) is 5.75 Å². The lowest BCUT2D eigenvalue weighted by atomic mass is 9.59. The predicted molar refractivity (Wildman–Crippen MR) is 95.5 cm³/mol.